The number of aromatic nitrogens is 4. The molecular weight excluding hydrogens is 488 g/mol. The van der Waals surface area contributed by atoms with Gasteiger partial charge in [-0.15, -0.1) is 0 Å². The highest BCUT2D eigenvalue weighted by molar-refractivity contribution is 5.90. The smallest absolute Gasteiger partial charge is 0.178 e. The molecule has 0 unspecified atom stereocenters. The van der Waals surface area contributed by atoms with E-state index in [1.54, 1.807) is 6.07 Å². The van der Waals surface area contributed by atoms with E-state index in [0.29, 0.717) is 36.6 Å². The number of nitrogens with one attached hydrogen (secondary N) is 1. The number of fused-ring (bicyclic) bond motifs is 2. The molecule has 0 spiro atoms. The van der Waals surface area contributed by atoms with E-state index in [-0.39, 0.29) is 17.5 Å². The van der Waals surface area contributed by atoms with Crippen molar-refractivity contribution in [2.75, 3.05) is 56.2 Å². The molecule has 2 aromatic carbocycles. The molecule has 1 saturated heterocycles. The van der Waals surface area contributed by atoms with Gasteiger partial charge < -0.3 is 19.4 Å². The van der Waals surface area contributed by atoms with Crippen LogP contribution in [-0.2, 0) is 6.42 Å². The first kappa shape index (κ1) is 24.5. The van der Waals surface area contributed by atoms with E-state index in [1.807, 2.05) is 26.0 Å². The Labute approximate surface area is 220 Å². The van der Waals surface area contributed by atoms with Gasteiger partial charge in [0.25, 0.3) is 0 Å². The third-order valence-electron chi connectivity index (χ3n) is 7.37. The molecule has 2 aliphatic heterocycles. The Morgan fingerprint density at radius 2 is 1.84 bits per heavy atom. The topological polar surface area (TPSA) is 73.4 Å². The van der Waals surface area contributed by atoms with Gasteiger partial charge in [0.05, 0.1) is 23.9 Å². The first-order chi connectivity index (χ1) is 18.4. The Hall–Kier alpha value is -3.79. The van der Waals surface area contributed by atoms with E-state index in [1.165, 1.54) is 6.07 Å². The van der Waals surface area contributed by atoms with Crippen molar-refractivity contribution in [1.82, 2.24) is 25.1 Å². The number of aromatic amines is 1. The van der Waals surface area contributed by atoms with E-state index in [4.69, 9.17) is 4.74 Å². The number of rotatable bonds is 5. The van der Waals surface area contributed by atoms with Crippen molar-refractivity contribution in [1.29, 1.82) is 0 Å². The van der Waals surface area contributed by atoms with E-state index in [9.17, 15) is 4.39 Å². The monoisotopic (exact) mass is 519 g/mol. The van der Waals surface area contributed by atoms with E-state index < -0.39 is 11.6 Å². The molecular formula is C28H31F2N7O. The lowest BCUT2D eigenvalue weighted by Crippen LogP contribution is -2.44. The first-order valence-electron chi connectivity index (χ1n) is 13.0. The summed E-state index contributed by atoms with van der Waals surface area (Å²) in [6.45, 7) is 8.94. The van der Waals surface area contributed by atoms with Crippen molar-refractivity contribution in [2.45, 2.75) is 26.3 Å². The largest absolute Gasteiger partial charge is 0.486 e. The zero-order valence-corrected chi connectivity index (χ0v) is 21.8. The van der Waals surface area contributed by atoms with Crippen LogP contribution < -0.4 is 14.5 Å². The molecule has 1 N–H and O–H groups in total. The summed E-state index contributed by atoms with van der Waals surface area (Å²) < 4.78 is 35.6. The highest BCUT2D eigenvalue weighted by atomic mass is 19.1. The molecule has 0 amide bonds. The normalized spacial score (nSPS) is 16.3. The Morgan fingerprint density at radius 3 is 2.63 bits per heavy atom. The molecule has 1 fully saturated rings. The lowest BCUT2D eigenvalue weighted by atomic mass is 10.1. The van der Waals surface area contributed by atoms with Crippen molar-refractivity contribution in [3.8, 4) is 17.0 Å². The molecule has 4 heterocycles. The average molecular weight is 520 g/mol. The van der Waals surface area contributed by atoms with Gasteiger partial charge in [-0.25, -0.2) is 18.7 Å². The van der Waals surface area contributed by atoms with Crippen LogP contribution in [0.4, 0.5) is 20.3 Å². The van der Waals surface area contributed by atoms with Crippen LogP contribution in [0.25, 0.3) is 22.2 Å². The Kier molecular flexibility index (Phi) is 6.35. The van der Waals surface area contributed by atoms with Crippen LogP contribution >= 0.6 is 0 Å². The van der Waals surface area contributed by atoms with Gasteiger partial charge in [-0.1, -0.05) is 6.07 Å². The first-order valence-corrected chi connectivity index (χ1v) is 13.0. The molecule has 6 rings (SSSR count). The van der Waals surface area contributed by atoms with Crippen LogP contribution in [-0.4, -0.2) is 77.5 Å². The number of likely N-dealkylation sites (N-methyl/N-ethyl adjacent to an activating group) is 1. The number of anilines is 2. The lowest BCUT2D eigenvalue weighted by molar-refractivity contribution is 0.287. The molecule has 4 aromatic rings. The Bertz CT molecular complexity index is 1480. The maximum absolute atomic E-state index is 15.0. The van der Waals surface area contributed by atoms with E-state index in [2.05, 4.69) is 48.0 Å². The summed E-state index contributed by atoms with van der Waals surface area (Å²) in [5.41, 5.74) is 3.00. The summed E-state index contributed by atoms with van der Waals surface area (Å²) in [6, 6.07) is 9.28. The highest BCUT2D eigenvalue weighted by Gasteiger charge is 2.26. The standard InChI is InChI=1S/C28H31F2N7O/c1-17(2)37-10-11-38-27-21(29)14-19(15-24(27)37)26-22(30)16-31-25(32-26)13-18-4-5-23-20(12-18)28(34-33-23)36-8-6-35(3)7-9-36/h4-5,12,14-17H,6-11,13H2,1-3H3,(H,33,34). The second-order valence-electron chi connectivity index (χ2n) is 10.3. The molecule has 0 bridgehead atoms. The summed E-state index contributed by atoms with van der Waals surface area (Å²) in [5.74, 6) is 0.485. The third-order valence-corrected chi connectivity index (χ3v) is 7.37. The molecule has 2 aromatic heterocycles. The molecule has 2 aliphatic rings. The van der Waals surface area contributed by atoms with Crippen LogP contribution in [0.1, 0.15) is 25.2 Å². The average Bonchev–Trinajstić information content (AvgIpc) is 3.33. The Balaban J connectivity index is 1.31. The minimum Gasteiger partial charge on any atom is -0.486 e. The number of piperazine rings is 1. The second-order valence-corrected chi connectivity index (χ2v) is 10.3. The summed E-state index contributed by atoms with van der Waals surface area (Å²) in [7, 11) is 2.13. The van der Waals surface area contributed by atoms with E-state index in [0.717, 1.165) is 54.7 Å². The van der Waals surface area contributed by atoms with Crippen LogP contribution in [0, 0.1) is 11.6 Å². The quantitative estimate of drug-likeness (QED) is 0.423. The maximum atomic E-state index is 15.0. The zero-order chi connectivity index (χ0) is 26.4. The molecule has 198 valence electrons. The van der Waals surface area contributed by atoms with Gasteiger partial charge in [-0.3, -0.25) is 5.10 Å². The summed E-state index contributed by atoms with van der Waals surface area (Å²) in [5, 5.41) is 8.74. The van der Waals surface area contributed by atoms with Crippen LogP contribution in [0.3, 0.4) is 0 Å². The minimum atomic E-state index is -0.594. The predicted octanol–water partition coefficient (Wildman–Crippen LogP) is 4.25. The molecule has 10 heteroatoms. The number of H-pyrrole nitrogens is 1. The van der Waals surface area contributed by atoms with Gasteiger partial charge in [-0.2, -0.15) is 5.10 Å². The molecule has 0 aliphatic carbocycles. The highest BCUT2D eigenvalue weighted by Crippen LogP contribution is 2.39. The van der Waals surface area contributed by atoms with Crippen molar-refractivity contribution in [2.24, 2.45) is 0 Å². The Morgan fingerprint density at radius 1 is 1.03 bits per heavy atom. The molecule has 0 atom stereocenters. The number of benzene rings is 2. The lowest BCUT2D eigenvalue weighted by Gasteiger charge is -2.34. The SMILES string of the molecule is CC(C)N1CCOc2c(F)cc(-c3nc(Cc4ccc5[nH]nc(N6CCN(C)CC6)c5c4)ncc3F)cc21. The molecule has 0 saturated carbocycles. The summed E-state index contributed by atoms with van der Waals surface area (Å²) in [6.07, 6.45) is 1.57. The molecule has 0 radical (unpaired) electrons. The predicted molar refractivity (Wildman–Crippen MR) is 144 cm³/mol. The fourth-order valence-corrected chi connectivity index (χ4v) is 5.27. The summed E-state index contributed by atoms with van der Waals surface area (Å²) in [4.78, 5) is 15.4. The molecule has 8 nitrogen and oxygen atoms in total. The van der Waals surface area contributed by atoms with Gasteiger partial charge in [0.15, 0.2) is 23.2 Å². The van der Waals surface area contributed by atoms with Crippen molar-refractivity contribution >= 4 is 22.4 Å². The third kappa shape index (κ3) is 4.53. The van der Waals surface area contributed by atoms with Gasteiger partial charge in [0.2, 0.25) is 0 Å². The van der Waals surface area contributed by atoms with Crippen LogP contribution in [0.2, 0.25) is 0 Å². The van der Waals surface area contributed by atoms with Gasteiger partial charge >= 0.3 is 0 Å². The number of hydrogen-bond acceptors (Lipinski definition) is 7. The van der Waals surface area contributed by atoms with Crippen LogP contribution in [0.15, 0.2) is 36.5 Å². The number of hydrogen-bond donors (Lipinski definition) is 1. The maximum Gasteiger partial charge on any atom is 0.178 e. The number of halogens is 2. The van der Waals surface area contributed by atoms with Gasteiger partial charge in [-0.05, 0) is 50.7 Å². The molecule has 38 heavy (non-hydrogen) atoms. The van der Waals surface area contributed by atoms with E-state index >= 15 is 4.39 Å². The van der Waals surface area contributed by atoms with Crippen LogP contribution in [0.5, 0.6) is 5.75 Å². The van der Waals surface area contributed by atoms with Crippen molar-refractivity contribution < 1.29 is 13.5 Å². The van der Waals surface area contributed by atoms with Gasteiger partial charge in [0.1, 0.15) is 18.1 Å². The minimum absolute atomic E-state index is 0.0773. The van der Waals surface area contributed by atoms with Crippen molar-refractivity contribution in [3.63, 3.8) is 0 Å². The zero-order valence-electron chi connectivity index (χ0n) is 21.8. The summed E-state index contributed by atoms with van der Waals surface area (Å²) >= 11 is 0. The van der Waals surface area contributed by atoms with Gasteiger partial charge in [0, 0.05) is 49.6 Å². The number of ether oxygens (including phenoxy) is 1. The number of nitrogens with zero attached hydrogens (tertiary/aromatic N) is 6. The fourth-order valence-electron chi connectivity index (χ4n) is 5.27. The van der Waals surface area contributed by atoms with Crippen molar-refractivity contribution in [3.05, 3.63) is 59.6 Å². The second kappa shape index (κ2) is 9.83. The fraction of sp³-hybridized carbons (Fsp3) is 0.393.